The average Bonchev–Trinajstić information content (AvgIpc) is 3.22. The number of phenols is 2. The van der Waals surface area contributed by atoms with Gasteiger partial charge in [-0.2, -0.15) is 40.6 Å². The van der Waals surface area contributed by atoms with Gasteiger partial charge in [-0.3, -0.25) is 23.8 Å². The number of nitrogens with zero attached hydrogens (tertiary/aromatic N) is 7. The van der Waals surface area contributed by atoms with Crippen LogP contribution in [0.25, 0.3) is 32.7 Å². The third-order valence-electron chi connectivity index (χ3n) is 9.04. The first kappa shape index (κ1) is 45.9. The Morgan fingerprint density at radius 2 is 1.00 bits per heavy atom. The number of non-ortho nitro benzene ring substituents is 1. The second-order valence-corrected chi connectivity index (χ2v) is 17.2. The Balaban J connectivity index is 0.00000661. The normalized spacial score (nSPS) is 12.4. The summed E-state index contributed by atoms with van der Waals surface area (Å²) in [6.45, 7) is 0. The summed E-state index contributed by atoms with van der Waals surface area (Å²) >= 11 is 0. The van der Waals surface area contributed by atoms with Crippen LogP contribution in [-0.4, -0.2) is 54.0 Å². The molecule has 0 radical (unpaired) electrons. The van der Waals surface area contributed by atoms with E-state index in [1.54, 1.807) is 36.4 Å². The molecule has 0 aromatic heterocycles. The van der Waals surface area contributed by atoms with Gasteiger partial charge in [-0.15, -0.1) is 15.3 Å². The van der Waals surface area contributed by atoms with E-state index in [0.717, 1.165) is 24.3 Å². The number of fused-ring (bicyclic) bond motifs is 2. The zero-order valence-electron chi connectivity index (χ0n) is 31.9. The number of phenolic OH excluding ortho intramolecular Hbond substituents is 2. The number of hydrogen-bond acceptors (Lipinski definition) is 17. The van der Waals surface area contributed by atoms with Crippen LogP contribution in [-0.2, 0) is 30.4 Å². The Bertz CT molecular complexity index is 3430. The van der Waals surface area contributed by atoms with Crippen LogP contribution in [0.3, 0.4) is 0 Å². The van der Waals surface area contributed by atoms with E-state index >= 15 is 0 Å². The number of azo groups is 3. The molecule has 21 nitrogen and oxygen atoms in total. The molecule has 314 valence electrons. The van der Waals surface area contributed by atoms with Gasteiger partial charge in [0.1, 0.15) is 31.8 Å². The molecule has 0 amide bonds. The summed E-state index contributed by atoms with van der Waals surface area (Å²) in [5.74, 6) is -1.20. The maximum Gasteiger partial charge on any atom is 1.00 e. The van der Waals surface area contributed by atoms with Gasteiger partial charge >= 0.3 is 29.6 Å². The summed E-state index contributed by atoms with van der Waals surface area (Å²) in [5, 5.41) is 55.7. The molecule has 7 aromatic rings. The minimum absolute atomic E-state index is 0. The molecule has 7 N–H and O–H groups in total. The van der Waals surface area contributed by atoms with Crippen molar-refractivity contribution in [1.82, 2.24) is 0 Å². The summed E-state index contributed by atoms with van der Waals surface area (Å²) in [6, 6.07) is 25.6. The van der Waals surface area contributed by atoms with Crippen LogP contribution in [0, 0.1) is 10.1 Å². The Kier molecular flexibility index (Phi) is 12.9. The quantitative estimate of drug-likeness (QED) is 0.0200. The minimum atomic E-state index is -5.18. The smallest absolute Gasteiger partial charge is 0.507 e. The van der Waals surface area contributed by atoms with E-state index in [1.165, 1.54) is 54.6 Å². The van der Waals surface area contributed by atoms with Gasteiger partial charge in [0.15, 0.2) is 5.75 Å². The molecule has 0 aliphatic carbocycles. The van der Waals surface area contributed by atoms with Gasteiger partial charge in [0.05, 0.1) is 38.7 Å². The van der Waals surface area contributed by atoms with E-state index in [2.05, 4.69) is 30.7 Å². The van der Waals surface area contributed by atoms with Crippen molar-refractivity contribution in [3.05, 3.63) is 125 Å². The number of rotatable bonds is 11. The van der Waals surface area contributed by atoms with Gasteiger partial charge in [0, 0.05) is 22.9 Å². The molecule has 0 saturated heterocycles. The fourth-order valence-corrected chi connectivity index (χ4v) is 8.20. The fourth-order valence-electron chi connectivity index (χ4n) is 6.15. The van der Waals surface area contributed by atoms with Crippen LogP contribution in [0.1, 0.15) is 0 Å². The monoisotopic (exact) mass is 921 g/mol. The second kappa shape index (κ2) is 17.6. The first-order valence-corrected chi connectivity index (χ1v) is 21.5. The Morgan fingerprint density at radius 3 is 1.49 bits per heavy atom. The number of benzene rings is 7. The van der Waals surface area contributed by atoms with Gasteiger partial charge < -0.3 is 15.9 Å². The van der Waals surface area contributed by atoms with Crippen molar-refractivity contribution in [1.29, 1.82) is 0 Å². The van der Waals surface area contributed by atoms with Crippen molar-refractivity contribution in [3.8, 4) is 22.6 Å². The van der Waals surface area contributed by atoms with Crippen LogP contribution in [0.15, 0.2) is 161 Å². The number of nitrogen functional groups attached to an aromatic ring is 1. The molecule has 0 unspecified atom stereocenters. The molecule has 0 aliphatic rings. The molecule has 0 saturated carbocycles. The predicted octanol–water partition coefficient (Wildman–Crippen LogP) is 6.55. The van der Waals surface area contributed by atoms with Gasteiger partial charge in [-0.1, -0.05) is 36.4 Å². The Morgan fingerprint density at radius 1 is 0.540 bits per heavy atom. The van der Waals surface area contributed by atoms with Gasteiger partial charge in [0.2, 0.25) is 0 Å². The van der Waals surface area contributed by atoms with Crippen LogP contribution in [0.2, 0.25) is 0 Å². The molecule has 7 aromatic carbocycles. The maximum atomic E-state index is 12.5. The standard InChI is InChI=1S/C38H26N8O13S3.Na/c39-35-33-22(18-31(61(54,55)56)36(35)44-41-25-12-14-26(15-13-25)46(49)50)19-32(62(57,58)59)37(38(33)48)45-42-24-10-6-21(7-11-24)20-4-8-23(9-5-20)40-43-28-16-17-29(47)27-2-1-3-30(34(27)28)60(51,52)53;/h1-19,47-48H,39H2,(H,51,52,53)(H,54,55,56)(H,57,58,59);/q;+1. The zero-order chi connectivity index (χ0) is 44.7. The minimum Gasteiger partial charge on any atom is -0.507 e. The van der Waals surface area contributed by atoms with Gasteiger partial charge in [-0.05, 0) is 83.2 Å². The molecule has 0 fully saturated rings. The van der Waals surface area contributed by atoms with Gasteiger partial charge in [0.25, 0.3) is 36.0 Å². The molecule has 0 spiro atoms. The second-order valence-electron chi connectivity index (χ2n) is 13.0. The summed E-state index contributed by atoms with van der Waals surface area (Å²) < 4.78 is 104. The SMILES string of the molecule is Nc1c(N=Nc2ccc([N+](=O)[O-])cc2)c(S(=O)(=O)O)cc2cc(S(=O)(=O)O)c(N=Nc3ccc(-c4ccc(N=Nc5ccc(O)c6cccc(S(=O)(=O)O)c56)cc4)cc3)c(O)c12.[Na+]. The summed E-state index contributed by atoms with van der Waals surface area (Å²) in [4.78, 5) is 7.92. The zero-order valence-corrected chi connectivity index (χ0v) is 36.4. The number of anilines is 1. The van der Waals surface area contributed by atoms with E-state index in [0.29, 0.717) is 16.8 Å². The maximum absolute atomic E-state index is 12.5. The topological polar surface area (TPSA) is 347 Å². The number of hydrogen-bond donors (Lipinski definition) is 6. The first-order chi connectivity index (χ1) is 29.2. The van der Waals surface area contributed by atoms with Crippen molar-refractivity contribution < 1.29 is 83.6 Å². The van der Waals surface area contributed by atoms with Crippen molar-refractivity contribution in [3.63, 3.8) is 0 Å². The van der Waals surface area contributed by atoms with E-state index < -0.39 is 78.2 Å². The fraction of sp³-hybridized carbons (Fsp3) is 0. The first-order valence-electron chi connectivity index (χ1n) is 17.2. The third kappa shape index (κ3) is 9.73. The predicted molar refractivity (Wildman–Crippen MR) is 223 cm³/mol. The van der Waals surface area contributed by atoms with Crippen molar-refractivity contribution in [2.75, 3.05) is 5.73 Å². The van der Waals surface area contributed by atoms with E-state index in [1.807, 2.05) is 0 Å². The molecular weight excluding hydrogens is 896 g/mol. The molecular formula is C38H26N8NaO13S3+. The number of nitro groups is 1. The molecule has 0 atom stereocenters. The van der Waals surface area contributed by atoms with Crippen LogP contribution >= 0.6 is 0 Å². The Labute approximate surface area is 377 Å². The number of nitro benzene ring substituents is 1. The van der Waals surface area contributed by atoms with E-state index in [-0.39, 0.29) is 74.2 Å². The van der Waals surface area contributed by atoms with Crippen molar-refractivity contribution in [2.24, 2.45) is 30.7 Å². The molecule has 63 heavy (non-hydrogen) atoms. The van der Waals surface area contributed by atoms with Crippen molar-refractivity contribution >= 4 is 97.4 Å². The molecule has 25 heteroatoms. The summed E-state index contributed by atoms with van der Waals surface area (Å²) in [5.41, 5.74) is 5.79. The van der Waals surface area contributed by atoms with Crippen LogP contribution in [0.5, 0.6) is 11.5 Å². The molecule has 0 heterocycles. The van der Waals surface area contributed by atoms with Crippen molar-refractivity contribution in [2.45, 2.75) is 14.7 Å². The summed E-state index contributed by atoms with van der Waals surface area (Å²) in [7, 11) is -15.0. The number of nitrogens with two attached hydrogens (primary N) is 1. The molecule has 0 bridgehead atoms. The number of aromatic hydroxyl groups is 2. The Hall–Kier alpha value is -6.61. The van der Waals surface area contributed by atoms with E-state index in [9.17, 15) is 59.2 Å². The van der Waals surface area contributed by atoms with Crippen LogP contribution < -0.4 is 35.3 Å². The third-order valence-corrected chi connectivity index (χ3v) is 11.7. The largest absolute Gasteiger partial charge is 1.00 e. The summed E-state index contributed by atoms with van der Waals surface area (Å²) in [6.07, 6.45) is 0. The molecule has 7 rings (SSSR count). The van der Waals surface area contributed by atoms with Gasteiger partial charge in [-0.25, -0.2) is 0 Å². The van der Waals surface area contributed by atoms with Crippen LogP contribution in [0.4, 0.5) is 45.5 Å². The molecule has 0 aliphatic heterocycles. The van der Waals surface area contributed by atoms with E-state index in [4.69, 9.17) is 5.73 Å². The average molecular weight is 922 g/mol.